The van der Waals surface area contributed by atoms with Crippen LogP contribution in [0.3, 0.4) is 0 Å². The molecule has 0 spiro atoms. The molecule has 4 heteroatoms. The molecule has 0 saturated carbocycles. The van der Waals surface area contributed by atoms with Crippen molar-refractivity contribution >= 4 is 5.97 Å². The number of hydrogen-bond acceptors (Lipinski definition) is 3. The summed E-state index contributed by atoms with van der Waals surface area (Å²) in [6, 6.07) is 0.625. The largest absolute Gasteiger partial charge is 0.481 e. The van der Waals surface area contributed by atoms with Gasteiger partial charge >= 0.3 is 5.97 Å². The molecule has 1 N–H and O–H groups in total. The van der Waals surface area contributed by atoms with Crippen LogP contribution in [-0.4, -0.2) is 59.6 Å². The van der Waals surface area contributed by atoms with E-state index in [4.69, 9.17) is 5.11 Å². The molecule has 2 heterocycles. The lowest BCUT2D eigenvalue weighted by molar-refractivity contribution is -0.144. The van der Waals surface area contributed by atoms with Gasteiger partial charge in [-0.2, -0.15) is 0 Å². The van der Waals surface area contributed by atoms with Gasteiger partial charge < -0.3 is 10.0 Å². The average Bonchev–Trinajstić information content (AvgIpc) is 2.40. The second kappa shape index (κ2) is 6.53. The molecule has 2 aliphatic rings. The molecule has 0 aromatic carbocycles. The van der Waals surface area contributed by atoms with E-state index in [0.717, 1.165) is 25.9 Å². The Morgan fingerprint density at radius 3 is 2.56 bits per heavy atom. The number of rotatable bonds is 4. The van der Waals surface area contributed by atoms with E-state index in [1.54, 1.807) is 0 Å². The zero-order valence-corrected chi connectivity index (χ0v) is 11.5. The minimum absolute atomic E-state index is 0.132. The van der Waals surface area contributed by atoms with Gasteiger partial charge in [0, 0.05) is 12.6 Å². The lowest BCUT2D eigenvalue weighted by Crippen LogP contribution is -2.49. The van der Waals surface area contributed by atoms with Crippen molar-refractivity contribution in [2.24, 2.45) is 5.92 Å². The fraction of sp³-hybridized carbons (Fsp3) is 0.929. The maximum Gasteiger partial charge on any atom is 0.307 e. The molecule has 0 unspecified atom stereocenters. The van der Waals surface area contributed by atoms with Crippen molar-refractivity contribution in [2.75, 3.05) is 32.7 Å². The van der Waals surface area contributed by atoms with Gasteiger partial charge in [-0.25, -0.2) is 0 Å². The molecule has 2 saturated heterocycles. The third kappa shape index (κ3) is 3.45. The SMILES string of the molecule is CCCN1CCC(N2CCC[C@@H](C(=O)O)C2)CC1. The lowest BCUT2D eigenvalue weighted by Gasteiger charge is -2.41. The summed E-state index contributed by atoms with van der Waals surface area (Å²) in [4.78, 5) is 16.1. The molecule has 2 fully saturated rings. The van der Waals surface area contributed by atoms with Gasteiger partial charge in [-0.3, -0.25) is 9.69 Å². The van der Waals surface area contributed by atoms with E-state index in [1.165, 1.54) is 38.9 Å². The summed E-state index contributed by atoms with van der Waals surface area (Å²) in [6.45, 7) is 7.69. The van der Waals surface area contributed by atoms with E-state index in [9.17, 15) is 4.79 Å². The first-order valence-electron chi connectivity index (χ1n) is 7.40. The summed E-state index contributed by atoms with van der Waals surface area (Å²) in [5.74, 6) is -0.740. The van der Waals surface area contributed by atoms with E-state index in [2.05, 4.69) is 16.7 Å². The van der Waals surface area contributed by atoms with Gasteiger partial charge in [-0.15, -0.1) is 0 Å². The Labute approximate surface area is 110 Å². The third-order valence-electron chi connectivity index (χ3n) is 4.42. The van der Waals surface area contributed by atoms with Crippen molar-refractivity contribution in [3.8, 4) is 0 Å². The Bertz CT molecular complexity index is 275. The summed E-state index contributed by atoms with van der Waals surface area (Å²) in [6.07, 6.45) is 5.57. The van der Waals surface area contributed by atoms with Crippen molar-refractivity contribution in [3.63, 3.8) is 0 Å². The van der Waals surface area contributed by atoms with Crippen LogP contribution in [0.1, 0.15) is 39.0 Å². The van der Waals surface area contributed by atoms with Gasteiger partial charge in [-0.1, -0.05) is 6.92 Å². The molecular weight excluding hydrogens is 228 g/mol. The Balaban J connectivity index is 1.80. The minimum atomic E-state index is -0.608. The highest BCUT2D eigenvalue weighted by atomic mass is 16.4. The minimum Gasteiger partial charge on any atom is -0.481 e. The molecule has 104 valence electrons. The van der Waals surface area contributed by atoms with E-state index in [-0.39, 0.29) is 5.92 Å². The Morgan fingerprint density at radius 2 is 1.94 bits per heavy atom. The first-order chi connectivity index (χ1) is 8.70. The smallest absolute Gasteiger partial charge is 0.307 e. The molecule has 0 aromatic heterocycles. The zero-order chi connectivity index (χ0) is 13.0. The van der Waals surface area contributed by atoms with Crippen molar-refractivity contribution in [3.05, 3.63) is 0 Å². The van der Waals surface area contributed by atoms with Crippen molar-refractivity contribution < 1.29 is 9.90 Å². The molecule has 18 heavy (non-hydrogen) atoms. The van der Waals surface area contributed by atoms with Crippen LogP contribution in [-0.2, 0) is 4.79 Å². The van der Waals surface area contributed by atoms with Crippen molar-refractivity contribution in [2.45, 2.75) is 45.1 Å². The Morgan fingerprint density at radius 1 is 1.22 bits per heavy atom. The fourth-order valence-corrected chi connectivity index (χ4v) is 3.36. The zero-order valence-electron chi connectivity index (χ0n) is 11.5. The summed E-state index contributed by atoms with van der Waals surface area (Å²) in [5, 5.41) is 9.13. The number of nitrogens with zero attached hydrogens (tertiary/aromatic N) is 2. The van der Waals surface area contributed by atoms with Crippen molar-refractivity contribution in [1.82, 2.24) is 9.80 Å². The molecule has 0 radical (unpaired) electrons. The van der Waals surface area contributed by atoms with E-state index >= 15 is 0 Å². The fourth-order valence-electron chi connectivity index (χ4n) is 3.36. The summed E-state index contributed by atoms with van der Waals surface area (Å²) >= 11 is 0. The number of carboxylic acids is 1. The maximum absolute atomic E-state index is 11.1. The normalized spacial score (nSPS) is 28.4. The highest BCUT2D eigenvalue weighted by molar-refractivity contribution is 5.70. The molecular formula is C14H26N2O2. The van der Waals surface area contributed by atoms with E-state index in [0.29, 0.717) is 6.04 Å². The van der Waals surface area contributed by atoms with Crippen LogP contribution >= 0.6 is 0 Å². The van der Waals surface area contributed by atoms with E-state index < -0.39 is 5.97 Å². The number of aliphatic carboxylic acids is 1. The van der Waals surface area contributed by atoms with Gasteiger partial charge in [0.1, 0.15) is 0 Å². The molecule has 1 atom stereocenters. The predicted molar refractivity (Wildman–Crippen MR) is 71.7 cm³/mol. The van der Waals surface area contributed by atoms with Crippen LogP contribution in [0.15, 0.2) is 0 Å². The number of carboxylic acid groups (broad SMARTS) is 1. The Kier molecular flexibility index (Phi) is 5.01. The highest BCUT2D eigenvalue weighted by Gasteiger charge is 2.31. The first-order valence-corrected chi connectivity index (χ1v) is 7.40. The highest BCUT2D eigenvalue weighted by Crippen LogP contribution is 2.24. The topological polar surface area (TPSA) is 43.8 Å². The van der Waals surface area contributed by atoms with Crippen molar-refractivity contribution in [1.29, 1.82) is 0 Å². The number of likely N-dealkylation sites (tertiary alicyclic amines) is 2. The summed E-state index contributed by atoms with van der Waals surface area (Å²) in [5.41, 5.74) is 0. The standard InChI is InChI=1S/C14H26N2O2/c1-2-7-15-9-5-13(6-10-15)16-8-3-4-12(11-16)14(17)18/h12-13H,2-11H2,1H3,(H,17,18)/t12-/m1/s1. The molecule has 2 aliphatic heterocycles. The number of carbonyl (C=O) groups is 1. The second-order valence-electron chi connectivity index (χ2n) is 5.75. The predicted octanol–water partition coefficient (Wildman–Crippen LogP) is 1.66. The van der Waals surface area contributed by atoms with Crippen LogP contribution in [0, 0.1) is 5.92 Å². The maximum atomic E-state index is 11.1. The molecule has 0 aliphatic carbocycles. The van der Waals surface area contributed by atoms with Crippen LogP contribution in [0.5, 0.6) is 0 Å². The number of hydrogen-bond donors (Lipinski definition) is 1. The van der Waals surface area contributed by atoms with Crippen LogP contribution < -0.4 is 0 Å². The summed E-state index contributed by atoms with van der Waals surface area (Å²) < 4.78 is 0. The molecule has 4 nitrogen and oxygen atoms in total. The van der Waals surface area contributed by atoms with Gasteiger partial charge in [0.25, 0.3) is 0 Å². The second-order valence-corrected chi connectivity index (χ2v) is 5.75. The van der Waals surface area contributed by atoms with Crippen LogP contribution in [0.4, 0.5) is 0 Å². The molecule has 0 bridgehead atoms. The van der Waals surface area contributed by atoms with Gasteiger partial charge in [-0.05, 0) is 58.3 Å². The van der Waals surface area contributed by atoms with E-state index in [1.807, 2.05) is 0 Å². The van der Waals surface area contributed by atoms with Gasteiger partial charge in [0.15, 0.2) is 0 Å². The van der Waals surface area contributed by atoms with Gasteiger partial charge in [0.05, 0.1) is 5.92 Å². The monoisotopic (exact) mass is 254 g/mol. The van der Waals surface area contributed by atoms with Crippen LogP contribution in [0.2, 0.25) is 0 Å². The quantitative estimate of drug-likeness (QED) is 0.828. The Hall–Kier alpha value is -0.610. The lowest BCUT2D eigenvalue weighted by atomic mass is 9.94. The molecule has 0 amide bonds. The average molecular weight is 254 g/mol. The molecule has 2 rings (SSSR count). The van der Waals surface area contributed by atoms with Crippen LogP contribution in [0.25, 0.3) is 0 Å². The first kappa shape index (κ1) is 13.8. The number of piperidine rings is 2. The third-order valence-corrected chi connectivity index (χ3v) is 4.42. The molecule has 0 aromatic rings. The summed E-state index contributed by atoms with van der Waals surface area (Å²) in [7, 11) is 0. The van der Waals surface area contributed by atoms with Gasteiger partial charge in [0.2, 0.25) is 0 Å².